The third-order valence-electron chi connectivity index (χ3n) is 6.21. The number of rotatable bonds is 7. The number of nitrogens with one attached hydrogen (secondary N) is 2. The largest absolute Gasteiger partial charge is 0.478 e. The van der Waals surface area contributed by atoms with Crippen LogP contribution in [0.1, 0.15) is 33.3 Å². The van der Waals surface area contributed by atoms with Gasteiger partial charge in [-0.3, -0.25) is 4.90 Å². The van der Waals surface area contributed by atoms with Gasteiger partial charge in [-0.15, -0.1) is 0 Å². The van der Waals surface area contributed by atoms with Crippen LogP contribution in [0.25, 0.3) is 22.3 Å². The second kappa shape index (κ2) is 11.2. The molecule has 11 nitrogen and oxygen atoms in total. The molecule has 1 fully saturated rings. The van der Waals surface area contributed by atoms with Crippen molar-refractivity contribution in [1.29, 1.82) is 0 Å². The van der Waals surface area contributed by atoms with Gasteiger partial charge >= 0.3 is 6.09 Å². The van der Waals surface area contributed by atoms with Crippen LogP contribution in [0.15, 0.2) is 48.9 Å². The van der Waals surface area contributed by atoms with Crippen LogP contribution in [0.4, 0.5) is 16.6 Å². The normalized spacial score (nSPS) is 14.4. The van der Waals surface area contributed by atoms with Crippen molar-refractivity contribution in [2.75, 3.05) is 38.1 Å². The quantitative estimate of drug-likeness (QED) is 0.353. The Balaban J connectivity index is 1.21. The maximum atomic E-state index is 12.3. The molecule has 0 unspecified atom stereocenters. The van der Waals surface area contributed by atoms with Gasteiger partial charge in [0.05, 0.1) is 23.3 Å². The third kappa shape index (κ3) is 6.80. The minimum absolute atomic E-state index is 0.247. The van der Waals surface area contributed by atoms with E-state index in [9.17, 15) is 4.79 Å². The van der Waals surface area contributed by atoms with Gasteiger partial charge in [0.1, 0.15) is 17.7 Å². The van der Waals surface area contributed by atoms with Crippen molar-refractivity contribution >= 4 is 28.9 Å². The zero-order valence-corrected chi connectivity index (χ0v) is 22.8. The number of nitrogens with zero attached hydrogens (tertiary/aromatic N) is 6. The summed E-state index contributed by atoms with van der Waals surface area (Å²) in [5.74, 6) is 1.86. The SMILES string of the molecule is CCOc1cc(-c2ccc3nc(Nc4cc(CN5CCN(C(=O)OC(C)(C)C)CC5)ccn4)[nH]c3c2)ncn1. The summed E-state index contributed by atoms with van der Waals surface area (Å²) in [4.78, 5) is 37.4. The van der Waals surface area contributed by atoms with E-state index in [1.54, 1.807) is 11.1 Å². The fourth-order valence-electron chi connectivity index (χ4n) is 4.39. The number of aromatic amines is 1. The number of piperazine rings is 1. The van der Waals surface area contributed by atoms with Crippen molar-refractivity contribution in [3.8, 4) is 17.1 Å². The summed E-state index contributed by atoms with van der Waals surface area (Å²) in [6.07, 6.45) is 3.05. The van der Waals surface area contributed by atoms with Crippen molar-refractivity contribution in [2.24, 2.45) is 0 Å². The third-order valence-corrected chi connectivity index (χ3v) is 6.21. The molecule has 1 amide bonds. The van der Waals surface area contributed by atoms with E-state index < -0.39 is 5.60 Å². The molecular weight excluding hydrogens is 496 g/mol. The molecule has 2 N–H and O–H groups in total. The zero-order chi connectivity index (χ0) is 27.4. The van der Waals surface area contributed by atoms with Crippen molar-refractivity contribution in [1.82, 2.24) is 34.7 Å². The number of fused-ring (bicyclic) bond motifs is 1. The van der Waals surface area contributed by atoms with Crippen LogP contribution < -0.4 is 10.1 Å². The average molecular weight is 531 g/mol. The zero-order valence-electron chi connectivity index (χ0n) is 22.8. The predicted octanol–water partition coefficient (Wildman–Crippen LogP) is 4.61. The molecule has 0 atom stereocenters. The van der Waals surface area contributed by atoms with Gasteiger partial charge in [0.15, 0.2) is 0 Å². The summed E-state index contributed by atoms with van der Waals surface area (Å²) < 4.78 is 11.0. The summed E-state index contributed by atoms with van der Waals surface area (Å²) in [6.45, 7) is 11.8. The molecule has 0 saturated carbocycles. The van der Waals surface area contributed by atoms with Crippen LogP contribution in [0.3, 0.4) is 0 Å². The number of hydrogen-bond acceptors (Lipinski definition) is 9. The molecule has 1 saturated heterocycles. The molecule has 3 aromatic heterocycles. The number of ether oxygens (including phenoxy) is 2. The number of hydrogen-bond donors (Lipinski definition) is 2. The molecule has 11 heteroatoms. The van der Waals surface area contributed by atoms with E-state index in [1.165, 1.54) is 6.33 Å². The van der Waals surface area contributed by atoms with E-state index in [2.05, 4.69) is 35.1 Å². The summed E-state index contributed by atoms with van der Waals surface area (Å²) in [6, 6.07) is 11.8. The van der Waals surface area contributed by atoms with Crippen LogP contribution in [-0.2, 0) is 11.3 Å². The minimum atomic E-state index is -0.485. The van der Waals surface area contributed by atoms with Gasteiger partial charge in [0.25, 0.3) is 0 Å². The summed E-state index contributed by atoms with van der Waals surface area (Å²) in [7, 11) is 0. The van der Waals surface area contributed by atoms with Crippen LogP contribution in [0, 0.1) is 0 Å². The van der Waals surface area contributed by atoms with Gasteiger partial charge in [-0.2, -0.15) is 0 Å². The second-order valence-electron chi connectivity index (χ2n) is 10.4. The number of amides is 1. The first-order chi connectivity index (χ1) is 18.8. The number of anilines is 2. The number of imidazole rings is 1. The number of pyridine rings is 1. The Bertz CT molecular complexity index is 1440. The van der Waals surface area contributed by atoms with Crippen molar-refractivity contribution in [3.63, 3.8) is 0 Å². The molecule has 0 bridgehead atoms. The summed E-state index contributed by atoms with van der Waals surface area (Å²) >= 11 is 0. The lowest BCUT2D eigenvalue weighted by Crippen LogP contribution is -2.49. The Labute approximate surface area is 227 Å². The molecule has 1 aliphatic heterocycles. The highest BCUT2D eigenvalue weighted by Crippen LogP contribution is 2.25. The van der Waals surface area contributed by atoms with E-state index in [4.69, 9.17) is 9.47 Å². The molecule has 4 heterocycles. The fourth-order valence-corrected chi connectivity index (χ4v) is 4.39. The lowest BCUT2D eigenvalue weighted by atomic mass is 10.1. The highest BCUT2D eigenvalue weighted by molar-refractivity contribution is 5.83. The smallest absolute Gasteiger partial charge is 0.410 e. The molecule has 5 rings (SSSR count). The predicted molar refractivity (Wildman–Crippen MR) is 149 cm³/mol. The lowest BCUT2D eigenvalue weighted by molar-refractivity contribution is 0.0139. The Morgan fingerprint density at radius 2 is 1.87 bits per heavy atom. The van der Waals surface area contributed by atoms with Crippen molar-refractivity contribution in [2.45, 2.75) is 39.8 Å². The molecule has 0 radical (unpaired) electrons. The fraction of sp³-hybridized carbons (Fsp3) is 0.393. The monoisotopic (exact) mass is 530 g/mol. The van der Waals surface area contributed by atoms with Gasteiger partial charge in [-0.1, -0.05) is 6.07 Å². The highest BCUT2D eigenvalue weighted by atomic mass is 16.6. The summed E-state index contributed by atoms with van der Waals surface area (Å²) in [5.41, 5.74) is 4.07. The van der Waals surface area contributed by atoms with Crippen LogP contribution >= 0.6 is 0 Å². The molecule has 0 aliphatic carbocycles. The number of carbonyl (C=O) groups excluding carboxylic acids is 1. The van der Waals surface area contributed by atoms with Crippen LogP contribution in [-0.4, -0.2) is 79.2 Å². The maximum absolute atomic E-state index is 12.3. The van der Waals surface area contributed by atoms with Crippen molar-refractivity contribution < 1.29 is 14.3 Å². The first kappa shape index (κ1) is 26.4. The second-order valence-corrected chi connectivity index (χ2v) is 10.4. The Kier molecular flexibility index (Phi) is 7.60. The number of H-pyrrole nitrogens is 1. The van der Waals surface area contributed by atoms with Gasteiger partial charge in [0.2, 0.25) is 11.8 Å². The van der Waals surface area contributed by atoms with Crippen molar-refractivity contribution in [3.05, 3.63) is 54.5 Å². The molecule has 39 heavy (non-hydrogen) atoms. The average Bonchev–Trinajstić information content (AvgIpc) is 3.30. The minimum Gasteiger partial charge on any atom is -0.478 e. The van der Waals surface area contributed by atoms with E-state index in [-0.39, 0.29) is 6.09 Å². The molecule has 204 valence electrons. The number of carbonyl (C=O) groups is 1. The molecule has 0 spiro atoms. The van der Waals surface area contributed by atoms with Gasteiger partial charge in [-0.05, 0) is 57.5 Å². The van der Waals surface area contributed by atoms with E-state index >= 15 is 0 Å². The topological polar surface area (TPSA) is 121 Å². The van der Waals surface area contributed by atoms with Gasteiger partial charge in [0, 0.05) is 50.6 Å². The van der Waals surface area contributed by atoms with E-state index in [0.29, 0.717) is 37.3 Å². The highest BCUT2D eigenvalue weighted by Gasteiger charge is 2.25. The first-order valence-corrected chi connectivity index (χ1v) is 13.1. The number of benzene rings is 1. The van der Waals surface area contributed by atoms with E-state index in [0.717, 1.165) is 47.5 Å². The summed E-state index contributed by atoms with van der Waals surface area (Å²) in [5, 5.41) is 3.29. The Hall–Kier alpha value is -4.25. The first-order valence-electron chi connectivity index (χ1n) is 13.1. The van der Waals surface area contributed by atoms with Crippen LogP contribution in [0.2, 0.25) is 0 Å². The Morgan fingerprint density at radius 3 is 2.64 bits per heavy atom. The molecule has 1 aliphatic rings. The Morgan fingerprint density at radius 1 is 1.05 bits per heavy atom. The maximum Gasteiger partial charge on any atom is 0.410 e. The van der Waals surface area contributed by atoms with E-state index in [1.807, 2.05) is 64.1 Å². The molecule has 1 aromatic carbocycles. The van der Waals surface area contributed by atoms with Gasteiger partial charge in [-0.25, -0.2) is 24.7 Å². The van der Waals surface area contributed by atoms with Crippen LogP contribution in [0.5, 0.6) is 5.88 Å². The molecule has 4 aromatic rings. The van der Waals surface area contributed by atoms with Gasteiger partial charge < -0.3 is 24.7 Å². The number of aromatic nitrogens is 5. The lowest BCUT2D eigenvalue weighted by Gasteiger charge is -2.35. The standard InChI is InChI=1S/C28H34N8O3/c1-5-38-25-16-22(30-18-31-25)20-6-7-21-23(15-20)33-26(32-21)34-24-14-19(8-9-29-24)17-35-10-12-36(13-11-35)27(37)39-28(2,3)4/h6-9,14-16,18H,5,10-13,17H2,1-4H3,(H2,29,32,33,34). The molecular formula is C28H34N8O3.